The molecule has 248 valence electrons. The highest BCUT2D eigenvalue weighted by Crippen LogP contribution is 2.25. The number of carboxylic acids is 2. The lowest BCUT2D eigenvalue weighted by molar-refractivity contribution is -0.193. The highest BCUT2D eigenvalue weighted by molar-refractivity contribution is 5.97. The Morgan fingerprint density at radius 1 is 0.867 bits per heavy atom. The zero-order chi connectivity index (χ0) is 34.7. The van der Waals surface area contributed by atoms with Gasteiger partial charge in [-0.2, -0.15) is 26.3 Å². The molecule has 0 saturated carbocycles. The number of hydrogen-bond donors (Lipinski definition) is 4. The van der Waals surface area contributed by atoms with Gasteiger partial charge in [-0.1, -0.05) is 48.5 Å². The largest absolute Gasteiger partial charge is 0.490 e. The molecule has 0 aliphatic carbocycles. The van der Waals surface area contributed by atoms with Gasteiger partial charge in [0.2, 0.25) is 0 Å². The fourth-order valence-electron chi connectivity index (χ4n) is 3.94. The van der Waals surface area contributed by atoms with Crippen molar-refractivity contribution in [2.75, 3.05) is 39.1 Å². The number of rotatable bonds is 8. The Morgan fingerprint density at radius 3 is 1.87 bits per heavy atom. The number of carbonyl (C=O) groups excluding carboxylic acids is 1. The number of amides is 1. The van der Waals surface area contributed by atoms with Crippen molar-refractivity contribution in [3.8, 4) is 0 Å². The van der Waals surface area contributed by atoms with E-state index in [1.807, 2.05) is 65.3 Å². The van der Waals surface area contributed by atoms with E-state index in [1.165, 1.54) is 10.8 Å². The number of likely N-dealkylation sites (N-methyl/N-ethyl adjacent to an activating group) is 2. The number of aryl methyl sites for hydroxylation is 1. The average Bonchev–Trinajstić information content (AvgIpc) is 2.95. The van der Waals surface area contributed by atoms with Crippen LogP contribution >= 0.6 is 0 Å². The van der Waals surface area contributed by atoms with E-state index in [9.17, 15) is 31.1 Å². The minimum absolute atomic E-state index is 0.0591. The number of hydrogen-bond acceptors (Lipinski definition) is 6. The molecule has 9 nitrogen and oxygen atoms in total. The van der Waals surface area contributed by atoms with Crippen LogP contribution in [0.25, 0.3) is 10.8 Å². The third-order valence-electron chi connectivity index (χ3n) is 6.52. The molecule has 0 radical (unpaired) electrons. The zero-order valence-corrected chi connectivity index (χ0v) is 25.2. The maximum Gasteiger partial charge on any atom is 0.490 e. The number of aliphatic carboxylic acids is 2. The van der Waals surface area contributed by atoms with Crippen molar-refractivity contribution in [3.63, 3.8) is 0 Å². The molecule has 45 heavy (non-hydrogen) atoms. The summed E-state index contributed by atoms with van der Waals surface area (Å²) in [5.41, 5.74) is 9.71. The van der Waals surface area contributed by atoms with Crippen molar-refractivity contribution in [1.29, 1.82) is 0 Å². The van der Waals surface area contributed by atoms with Crippen LogP contribution in [0, 0.1) is 6.92 Å². The quantitative estimate of drug-likeness (QED) is 0.245. The maximum atomic E-state index is 13.2. The van der Waals surface area contributed by atoms with Gasteiger partial charge >= 0.3 is 24.3 Å². The molecule has 5 N–H and O–H groups in total. The van der Waals surface area contributed by atoms with Gasteiger partial charge in [-0.15, -0.1) is 0 Å². The van der Waals surface area contributed by atoms with Gasteiger partial charge in [0.1, 0.15) is 0 Å². The number of halogens is 6. The van der Waals surface area contributed by atoms with Crippen LogP contribution in [-0.2, 0) is 9.59 Å². The van der Waals surface area contributed by atoms with Crippen LogP contribution < -0.4 is 16.0 Å². The van der Waals surface area contributed by atoms with Crippen LogP contribution in [-0.4, -0.2) is 85.6 Å². The lowest BCUT2D eigenvalue weighted by Gasteiger charge is -2.29. The standard InChI is InChI=1S/C26H34N4O.2C2HF3O2/c1-18-13-14-21(30(5)17-22(16-27)29(3)4)15-25(18)26(31)28-19(2)23-12-8-10-20-9-6-7-11-24(20)23;2*3-2(4,5)1(6)7/h6-15,19,22H,16-17,27H2,1-5H3,(H,28,31);2*(H,6,7)/t19-,22+;;/m1../s1. The van der Waals surface area contributed by atoms with Gasteiger partial charge in [0.05, 0.1) is 6.04 Å². The Bertz CT molecular complexity index is 1420. The molecule has 2 atom stereocenters. The van der Waals surface area contributed by atoms with Crippen LogP contribution in [0.1, 0.15) is 34.5 Å². The Morgan fingerprint density at radius 2 is 1.38 bits per heavy atom. The Kier molecular flexibility index (Phi) is 14.3. The molecule has 0 aliphatic heterocycles. The molecule has 0 aromatic heterocycles. The number of nitrogens with one attached hydrogen (secondary N) is 1. The first kappa shape index (κ1) is 38.7. The number of anilines is 1. The fourth-order valence-corrected chi connectivity index (χ4v) is 3.94. The van der Waals surface area contributed by atoms with E-state index in [1.54, 1.807) is 0 Å². The van der Waals surface area contributed by atoms with Crippen LogP contribution in [0.5, 0.6) is 0 Å². The molecule has 1 amide bonds. The van der Waals surface area contributed by atoms with Crippen molar-refractivity contribution >= 4 is 34.3 Å². The van der Waals surface area contributed by atoms with E-state index >= 15 is 0 Å². The number of carboxylic acid groups (broad SMARTS) is 2. The molecule has 0 bridgehead atoms. The van der Waals surface area contributed by atoms with Crippen LogP contribution in [0.2, 0.25) is 0 Å². The molecule has 0 spiro atoms. The van der Waals surface area contributed by atoms with Crippen LogP contribution in [0.15, 0.2) is 60.7 Å². The van der Waals surface area contributed by atoms with Crippen LogP contribution in [0.4, 0.5) is 32.0 Å². The van der Waals surface area contributed by atoms with Crippen molar-refractivity contribution in [2.24, 2.45) is 5.73 Å². The molecule has 0 unspecified atom stereocenters. The number of fused-ring (bicyclic) bond motifs is 1. The van der Waals surface area contributed by atoms with E-state index in [0.717, 1.165) is 23.4 Å². The van der Waals surface area contributed by atoms with Gasteiger partial charge < -0.3 is 31.1 Å². The molecule has 0 heterocycles. The number of benzene rings is 3. The summed E-state index contributed by atoms with van der Waals surface area (Å²) in [6.07, 6.45) is -10.2. The number of nitrogens with two attached hydrogens (primary N) is 1. The smallest absolute Gasteiger partial charge is 0.475 e. The highest BCUT2D eigenvalue weighted by atomic mass is 19.4. The normalized spacial score (nSPS) is 12.6. The minimum Gasteiger partial charge on any atom is -0.475 e. The lowest BCUT2D eigenvalue weighted by atomic mass is 9.99. The molecule has 0 aliphatic rings. The van der Waals surface area contributed by atoms with Crippen molar-refractivity contribution in [1.82, 2.24) is 10.2 Å². The van der Waals surface area contributed by atoms with Gasteiger partial charge in [-0.05, 0) is 62.0 Å². The predicted molar refractivity (Wildman–Crippen MR) is 158 cm³/mol. The summed E-state index contributed by atoms with van der Waals surface area (Å²) in [5.74, 6) is -5.57. The molecule has 0 saturated heterocycles. The lowest BCUT2D eigenvalue weighted by Crippen LogP contribution is -2.43. The third kappa shape index (κ3) is 12.3. The van der Waals surface area contributed by atoms with Crippen molar-refractivity contribution in [2.45, 2.75) is 38.3 Å². The van der Waals surface area contributed by atoms with Gasteiger partial charge in [-0.3, -0.25) is 4.79 Å². The average molecular weight is 647 g/mol. The molecular formula is C30H36F6N4O5. The molecule has 15 heteroatoms. The van der Waals surface area contributed by atoms with Gasteiger partial charge in [0.25, 0.3) is 5.91 Å². The maximum absolute atomic E-state index is 13.2. The highest BCUT2D eigenvalue weighted by Gasteiger charge is 2.38. The summed E-state index contributed by atoms with van der Waals surface area (Å²) in [7, 11) is 6.11. The second-order valence-corrected chi connectivity index (χ2v) is 10.1. The summed E-state index contributed by atoms with van der Waals surface area (Å²) in [5, 5.41) is 19.8. The molecular weight excluding hydrogens is 610 g/mol. The van der Waals surface area contributed by atoms with Crippen LogP contribution in [0.3, 0.4) is 0 Å². The first-order chi connectivity index (χ1) is 20.7. The summed E-state index contributed by atoms with van der Waals surface area (Å²) < 4.78 is 63.5. The van der Waals surface area contributed by atoms with E-state index in [4.69, 9.17) is 25.5 Å². The molecule has 3 aromatic rings. The van der Waals surface area contributed by atoms with E-state index in [-0.39, 0.29) is 18.0 Å². The number of carbonyl (C=O) groups is 3. The first-order valence-electron chi connectivity index (χ1n) is 13.3. The monoisotopic (exact) mass is 646 g/mol. The van der Waals surface area contributed by atoms with Crippen molar-refractivity contribution < 1.29 is 50.9 Å². The minimum atomic E-state index is -5.08. The molecule has 3 rings (SSSR count). The first-order valence-corrected chi connectivity index (χ1v) is 13.3. The van der Waals surface area contributed by atoms with Gasteiger partial charge in [0.15, 0.2) is 0 Å². The summed E-state index contributed by atoms with van der Waals surface area (Å²) >= 11 is 0. The molecule has 0 fully saturated rings. The SMILES string of the molecule is Cc1ccc(N(C)C[C@H](CN)N(C)C)cc1C(=O)N[C@H](C)c1cccc2ccccc12.O=C(O)C(F)(F)F.O=C(O)C(F)(F)F. The topological polar surface area (TPSA) is 136 Å². The van der Waals surface area contributed by atoms with Gasteiger partial charge in [-0.25, -0.2) is 9.59 Å². The second-order valence-electron chi connectivity index (χ2n) is 10.1. The Labute approximate surface area is 256 Å². The van der Waals surface area contributed by atoms with E-state index in [2.05, 4.69) is 45.4 Å². The molecule has 3 aromatic carbocycles. The summed E-state index contributed by atoms with van der Waals surface area (Å²) in [6, 6.07) is 20.7. The Balaban J connectivity index is 0.000000601. The number of nitrogens with zero attached hydrogens (tertiary/aromatic N) is 2. The summed E-state index contributed by atoms with van der Waals surface area (Å²) in [6.45, 7) is 5.39. The van der Waals surface area contributed by atoms with Gasteiger partial charge in [0, 0.05) is 37.4 Å². The summed E-state index contributed by atoms with van der Waals surface area (Å²) in [4.78, 5) is 35.3. The van der Waals surface area contributed by atoms with Crippen molar-refractivity contribution in [3.05, 3.63) is 77.4 Å². The number of alkyl halides is 6. The fraction of sp³-hybridized carbons (Fsp3) is 0.367. The van der Waals surface area contributed by atoms with E-state index < -0.39 is 24.3 Å². The van der Waals surface area contributed by atoms with E-state index in [0.29, 0.717) is 12.1 Å². The third-order valence-corrected chi connectivity index (χ3v) is 6.52. The Hall–Kier alpha value is -4.37. The second kappa shape index (κ2) is 16.6. The predicted octanol–water partition coefficient (Wildman–Crippen LogP) is 5.23. The zero-order valence-electron chi connectivity index (χ0n) is 25.2.